The average molecular weight is 178 g/mol. The number of carbonyl (C=O) groups is 2. The Morgan fingerprint density at radius 3 is 2.15 bits per heavy atom. The van der Waals surface area contributed by atoms with Gasteiger partial charge < -0.3 is 4.74 Å². The van der Waals surface area contributed by atoms with Crippen molar-refractivity contribution in [3.63, 3.8) is 0 Å². The number of hydrogen-bond acceptors (Lipinski definition) is 3. The third-order valence-electron chi connectivity index (χ3n) is 1.62. The molecule has 3 heteroatoms. The van der Waals surface area contributed by atoms with Crippen LogP contribution in [0.4, 0.5) is 0 Å². The number of para-hydroxylation sites is 1. The van der Waals surface area contributed by atoms with Gasteiger partial charge in [0.1, 0.15) is 5.75 Å². The van der Waals surface area contributed by atoms with Gasteiger partial charge in [-0.25, -0.2) is 0 Å². The van der Waals surface area contributed by atoms with Crippen LogP contribution in [0.3, 0.4) is 0 Å². The first-order valence-corrected chi connectivity index (χ1v) is 3.99. The minimum absolute atomic E-state index is 0.370. The first-order chi connectivity index (χ1) is 6.33. The minimum Gasteiger partial charge on any atom is -0.492 e. The summed E-state index contributed by atoms with van der Waals surface area (Å²) in [6, 6.07) is 4.88. The maximum absolute atomic E-state index is 10.6. The lowest BCUT2D eigenvalue weighted by molar-refractivity contribution is 0.111. The molecule has 0 saturated heterocycles. The molecule has 0 bridgehead atoms. The van der Waals surface area contributed by atoms with Crippen molar-refractivity contribution in [3.8, 4) is 5.75 Å². The van der Waals surface area contributed by atoms with E-state index in [1.165, 1.54) is 0 Å². The Labute approximate surface area is 76.3 Å². The molecule has 0 radical (unpaired) electrons. The molecule has 0 aliphatic carbocycles. The van der Waals surface area contributed by atoms with Crippen molar-refractivity contribution in [2.45, 2.75) is 6.92 Å². The van der Waals surface area contributed by atoms with Gasteiger partial charge in [0.2, 0.25) is 0 Å². The predicted molar refractivity (Wildman–Crippen MR) is 48.4 cm³/mol. The molecule has 0 N–H and O–H groups in total. The van der Waals surface area contributed by atoms with Gasteiger partial charge in [-0.2, -0.15) is 0 Å². The fourth-order valence-electron chi connectivity index (χ4n) is 1.07. The summed E-state index contributed by atoms with van der Waals surface area (Å²) in [5.41, 5.74) is 0.818. The lowest BCUT2D eigenvalue weighted by atomic mass is 10.1. The molecule has 1 aromatic rings. The molecule has 0 heterocycles. The van der Waals surface area contributed by atoms with Gasteiger partial charge in [0.15, 0.2) is 12.6 Å². The zero-order valence-corrected chi connectivity index (χ0v) is 7.32. The second-order valence-corrected chi connectivity index (χ2v) is 2.43. The Morgan fingerprint density at radius 1 is 1.23 bits per heavy atom. The van der Waals surface area contributed by atoms with Gasteiger partial charge in [0.05, 0.1) is 17.7 Å². The van der Waals surface area contributed by atoms with Crippen molar-refractivity contribution >= 4 is 12.6 Å². The van der Waals surface area contributed by atoms with Crippen molar-refractivity contribution in [3.05, 3.63) is 29.3 Å². The van der Waals surface area contributed by atoms with Crippen LogP contribution in [0.5, 0.6) is 5.75 Å². The van der Waals surface area contributed by atoms with E-state index in [0.717, 1.165) is 0 Å². The zero-order valence-electron chi connectivity index (χ0n) is 7.32. The van der Waals surface area contributed by atoms with E-state index in [0.29, 0.717) is 36.1 Å². The lowest BCUT2D eigenvalue weighted by Gasteiger charge is -2.07. The SMILES string of the molecule is CCOc1c(C=O)cccc1C=O. The quantitative estimate of drug-likeness (QED) is 0.659. The molecule has 68 valence electrons. The van der Waals surface area contributed by atoms with Crippen LogP contribution in [0, 0.1) is 0 Å². The first-order valence-electron chi connectivity index (χ1n) is 3.99. The highest BCUT2D eigenvalue weighted by Crippen LogP contribution is 2.20. The topological polar surface area (TPSA) is 43.4 Å². The molecule has 0 unspecified atom stereocenters. The van der Waals surface area contributed by atoms with E-state index in [-0.39, 0.29) is 0 Å². The summed E-state index contributed by atoms with van der Waals surface area (Å²) in [6.45, 7) is 2.24. The molecule has 13 heavy (non-hydrogen) atoms. The minimum atomic E-state index is 0.370. The first kappa shape index (κ1) is 9.45. The lowest BCUT2D eigenvalue weighted by Crippen LogP contribution is -1.99. The van der Waals surface area contributed by atoms with Gasteiger partial charge in [-0.3, -0.25) is 9.59 Å². The molecule has 0 fully saturated rings. The van der Waals surface area contributed by atoms with Crippen LogP contribution >= 0.6 is 0 Å². The Balaban J connectivity index is 3.20. The fourth-order valence-corrected chi connectivity index (χ4v) is 1.07. The Kier molecular flexibility index (Phi) is 3.20. The van der Waals surface area contributed by atoms with Crippen LogP contribution in [0.2, 0.25) is 0 Å². The van der Waals surface area contributed by atoms with E-state index in [4.69, 9.17) is 4.74 Å². The summed E-state index contributed by atoms with van der Waals surface area (Å²) in [6.07, 6.45) is 1.36. The molecule has 1 rings (SSSR count). The van der Waals surface area contributed by atoms with Crippen molar-refractivity contribution in [1.82, 2.24) is 0 Å². The van der Waals surface area contributed by atoms with E-state index >= 15 is 0 Å². The molecule has 1 aromatic carbocycles. The van der Waals surface area contributed by atoms with E-state index in [1.54, 1.807) is 25.1 Å². The zero-order chi connectivity index (χ0) is 9.68. The van der Waals surface area contributed by atoms with Crippen LogP contribution < -0.4 is 4.74 Å². The summed E-state index contributed by atoms with van der Waals surface area (Å²) >= 11 is 0. The smallest absolute Gasteiger partial charge is 0.153 e. The molecular formula is C10H10O3. The molecule has 0 spiro atoms. The van der Waals surface area contributed by atoms with Crippen molar-refractivity contribution in [2.75, 3.05) is 6.61 Å². The van der Waals surface area contributed by atoms with Crippen LogP contribution in [0.15, 0.2) is 18.2 Å². The average Bonchev–Trinajstić information content (AvgIpc) is 2.18. The molecule has 0 aliphatic heterocycles. The molecule has 3 nitrogen and oxygen atoms in total. The summed E-state index contributed by atoms with van der Waals surface area (Å²) in [5.74, 6) is 0.370. The Morgan fingerprint density at radius 2 is 1.77 bits per heavy atom. The predicted octanol–water partition coefficient (Wildman–Crippen LogP) is 1.71. The monoisotopic (exact) mass is 178 g/mol. The summed E-state index contributed by atoms with van der Waals surface area (Å²) in [5, 5.41) is 0. The third kappa shape index (κ3) is 1.93. The maximum Gasteiger partial charge on any atom is 0.153 e. The normalized spacial score (nSPS) is 9.31. The molecule has 0 amide bonds. The van der Waals surface area contributed by atoms with E-state index in [1.807, 2.05) is 0 Å². The highest BCUT2D eigenvalue weighted by atomic mass is 16.5. The summed E-state index contributed by atoms with van der Waals surface area (Å²) < 4.78 is 5.19. The van der Waals surface area contributed by atoms with Crippen LogP contribution in [-0.2, 0) is 0 Å². The fraction of sp³-hybridized carbons (Fsp3) is 0.200. The molecular weight excluding hydrogens is 168 g/mol. The number of hydrogen-bond donors (Lipinski definition) is 0. The van der Waals surface area contributed by atoms with Crippen LogP contribution in [-0.4, -0.2) is 19.2 Å². The number of rotatable bonds is 4. The van der Waals surface area contributed by atoms with Crippen molar-refractivity contribution in [1.29, 1.82) is 0 Å². The van der Waals surface area contributed by atoms with Crippen LogP contribution in [0.25, 0.3) is 0 Å². The van der Waals surface area contributed by atoms with Crippen molar-refractivity contribution < 1.29 is 14.3 Å². The van der Waals surface area contributed by atoms with Gasteiger partial charge in [-0.05, 0) is 19.1 Å². The Bertz CT molecular complexity index is 292. The van der Waals surface area contributed by atoms with E-state index in [9.17, 15) is 9.59 Å². The molecule has 0 aromatic heterocycles. The third-order valence-corrected chi connectivity index (χ3v) is 1.62. The number of benzene rings is 1. The summed E-state index contributed by atoms with van der Waals surface area (Å²) in [4.78, 5) is 21.1. The van der Waals surface area contributed by atoms with Crippen molar-refractivity contribution in [2.24, 2.45) is 0 Å². The Hall–Kier alpha value is -1.64. The molecule has 0 atom stereocenters. The van der Waals surface area contributed by atoms with E-state index in [2.05, 4.69) is 0 Å². The largest absolute Gasteiger partial charge is 0.492 e. The van der Waals surface area contributed by atoms with Crippen LogP contribution in [0.1, 0.15) is 27.6 Å². The van der Waals surface area contributed by atoms with Gasteiger partial charge in [0, 0.05) is 0 Å². The second kappa shape index (κ2) is 4.40. The van der Waals surface area contributed by atoms with Gasteiger partial charge in [0.25, 0.3) is 0 Å². The second-order valence-electron chi connectivity index (χ2n) is 2.43. The van der Waals surface area contributed by atoms with Gasteiger partial charge in [-0.15, -0.1) is 0 Å². The van der Waals surface area contributed by atoms with Gasteiger partial charge >= 0.3 is 0 Å². The highest BCUT2D eigenvalue weighted by molar-refractivity contribution is 5.88. The van der Waals surface area contributed by atoms with E-state index < -0.39 is 0 Å². The molecule has 0 aliphatic rings. The standard InChI is InChI=1S/C10H10O3/c1-2-13-10-8(6-11)4-3-5-9(10)7-12/h3-7H,2H2,1H3. The number of carbonyl (C=O) groups excluding carboxylic acids is 2. The number of ether oxygens (including phenoxy) is 1. The maximum atomic E-state index is 10.6. The number of aldehydes is 2. The molecule has 0 saturated carbocycles. The highest BCUT2D eigenvalue weighted by Gasteiger charge is 2.07. The summed E-state index contributed by atoms with van der Waals surface area (Å²) in [7, 11) is 0. The van der Waals surface area contributed by atoms with Gasteiger partial charge in [-0.1, -0.05) is 6.07 Å².